The molecule has 0 saturated carbocycles. The fraction of sp³-hybridized carbons (Fsp3) is 0. The smallest absolute Gasteiger partial charge is 0.295 e. The lowest BCUT2D eigenvalue weighted by Crippen LogP contribution is -2.05. The van der Waals surface area contributed by atoms with Crippen LogP contribution in [0.4, 0.5) is 23.3 Å². The Morgan fingerprint density at radius 1 is 0.521 bits per heavy atom. The molecule has 0 spiro atoms. The second kappa shape index (κ2) is 13.4. The van der Waals surface area contributed by atoms with Crippen molar-refractivity contribution in [2.75, 3.05) is 10.6 Å². The average molecular weight is 681 g/mol. The number of hydrogen-bond donors (Lipinski definition) is 4. The number of aromatic nitrogens is 6. The van der Waals surface area contributed by atoms with Gasteiger partial charge in [-0.05, 0) is 35.4 Å². The van der Waals surface area contributed by atoms with Crippen LogP contribution in [0.2, 0.25) is 0 Å². The van der Waals surface area contributed by atoms with Gasteiger partial charge in [-0.1, -0.05) is 84.9 Å². The van der Waals surface area contributed by atoms with Crippen LogP contribution in [0.1, 0.15) is 11.1 Å². The number of rotatable bonds is 10. The number of benzene rings is 4. The maximum atomic E-state index is 12.4. The third kappa shape index (κ3) is 7.71. The Morgan fingerprint density at radius 3 is 1.29 bits per heavy atom. The lowest BCUT2D eigenvalue weighted by atomic mass is 10.1. The van der Waals surface area contributed by atoms with Gasteiger partial charge in [0.2, 0.25) is 11.9 Å². The van der Waals surface area contributed by atoms with Gasteiger partial charge < -0.3 is 10.6 Å². The van der Waals surface area contributed by atoms with Crippen LogP contribution in [-0.2, 0) is 20.2 Å². The standard InChI is InChI=1S/C32H24N8O6S2/c41-47(42,43)27-17-25(37-31-35-19-33-29(39-31)23-7-3-1-4-8-23)15-13-21(27)11-12-22-14-16-26(18-28(22)48(44,45)46)38-32-36-20-34-30(40-32)24-9-5-2-6-10-24/h1-20H,(H,41,42,43)(H,44,45,46)(H,33,35,37,39)(H,34,36,38,40)/b12-11+. The van der Waals surface area contributed by atoms with E-state index in [4.69, 9.17) is 0 Å². The first-order chi connectivity index (χ1) is 23.0. The summed E-state index contributed by atoms with van der Waals surface area (Å²) in [6.07, 6.45) is 5.19. The van der Waals surface area contributed by atoms with E-state index in [9.17, 15) is 25.9 Å². The second-order valence-electron chi connectivity index (χ2n) is 10.0. The lowest BCUT2D eigenvalue weighted by molar-refractivity contribution is 0.480. The van der Waals surface area contributed by atoms with Gasteiger partial charge in [0.15, 0.2) is 11.6 Å². The van der Waals surface area contributed by atoms with Crippen molar-refractivity contribution in [2.24, 2.45) is 0 Å². The summed E-state index contributed by atoms with van der Waals surface area (Å²) in [6.45, 7) is 0. The van der Waals surface area contributed by atoms with E-state index < -0.39 is 30.0 Å². The molecule has 4 N–H and O–H groups in total. The molecule has 6 rings (SSSR count). The molecule has 6 aromatic rings. The van der Waals surface area contributed by atoms with Crippen LogP contribution in [0, 0.1) is 0 Å². The molecule has 0 aliphatic heterocycles. The van der Waals surface area contributed by atoms with Crippen LogP contribution in [-0.4, -0.2) is 55.8 Å². The van der Waals surface area contributed by atoms with Crippen molar-refractivity contribution >= 4 is 55.7 Å². The monoisotopic (exact) mass is 680 g/mol. The molecule has 14 nitrogen and oxygen atoms in total. The normalized spacial score (nSPS) is 11.8. The minimum Gasteiger partial charge on any atom is -0.324 e. The zero-order valence-electron chi connectivity index (χ0n) is 24.6. The fourth-order valence-electron chi connectivity index (χ4n) is 4.55. The summed E-state index contributed by atoms with van der Waals surface area (Å²) in [7, 11) is -9.50. The van der Waals surface area contributed by atoms with Crippen LogP contribution >= 0.6 is 0 Å². The number of anilines is 4. The van der Waals surface area contributed by atoms with E-state index in [1.165, 1.54) is 61.2 Å². The van der Waals surface area contributed by atoms with Crippen molar-refractivity contribution in [1.82, 2.24) is 29.9 Å². The first-order valence-electron chi connectivity index (χ1n) is 14.0. The van der Waals surface area contributed by atoms with Crippen molar-refractivity contribution in [3.05, 3.63) is 121 Å². The van der Waals surface area contributed by atoms with Crippen LogP contribution < -0.4 is 10.6 Å². The fourth-order valence-corrected chi connectivity index (χ4v) is 5.97. The Hall–Kier alpha value is -5.94. The highest BCUT2D eigenvalue weighted by Gasteiger charge is 2.18. The van der Waals surface area contributed by atoms with Gasteiger partial charge in [0.05, 0.1) is 0 Å². The summed E-state index contributed by atoms with van der Waals surface area (Å²) < 4.78 is 69.5. The van der Waals surface area contributed by atoms with Gasteiger partial charge >= 0.3 is 0 Å². The molecular weight excluding hydrogens is 657 g/mol. The maximum Gasteiger partial charge on any atom is 0.295 e. The molecule has 0 aliphatic rings. The van der Waals surface area contributed by atoms with E-state index in [1.54, 1.807) is 0 Å². The molecule has 2 heterocycles. The minimum atomic E-state index is -4.75. The number of nitrogens with one attached hydrogen (secondary N) is 2. The zero-order valence-corrected chi connectivity index (χ0v) is 26.2. The van der Waals surface area contributed by atoms with Gasteiger partial charge in [-0.25, -0.2) is 19.9 Å². The lowest BCUT2D eigenvalue weighted by Gasteiger charge is -2.11. The molecule has 0 unspecified atom stereocenters. The summed E-state index contributed by atoms with van der Waals surface area (Å²) in [5, 5.41) is 5.80. The Bertz CT molecular complexity index is 2190. The van der Waals surface area contributed by atoms with Crippen molar-refractivity contribution < 1.29 is 25.9 Å². The SMILES string of the molecule is O=S(=O)(O)c1cc(Nc2ncnc(-c3ccccc3)n2)ccc1/C=C/c1ccc(Nc2ncnc(-c3ccccc3)n2)cc1S(=O)(=O)O. The molecule has 0 aliphatic carbocycles. The van der Waals surface area contributed by atoms with Gasteiger partial charge in [0.1, 0.15) is 22.4 Å². The molecule has 0 amide bonds. The highest BCUT2D eigenvalue weighted by Crippen LogP contribution is 2.28. The van der Waals surface area contributed by atoms with Gasteiger partial charge in [0.25, 0.3) is 20.2 Å². The Kier molecular flexibility index (Phi) is 8.95. The van der Waals surface area contributed by atoms with Crippen molar-refractivity contribution in [3.63, 3.8) is 0 Å². The Labute approximate surface area is 274 Å². The van der Waals surface area contributed by atoms with E-state index in [0.29, 0.717) is 11.6 Å². The van der Waals surface area contributed by atoms with Gasteiger partial charge in [-0.3, -0.25) is 9.11 Å². The summed E-state index contributed by atoms with van der Waals surface area (Å²) in [5.74, 6) is 1.05. The van der Waals surface area contributed by atoms with Gasteiger partial charge in [-0.2, -0.15) is 26.8 Å². The predicted octanol–water partition coefficient (Wildman–Crippen LogP) is 5.54. The largest absolute Gasteiger partial charge is 0.324 e. The first-order valence-corrected chi connectivity index (χ1v) is 16.8. The topological polar surface area (TPSA) is 210 Å². The van der Waals surface area contributed by atoms with Crippen molar-refractivity contribution in [3.8, 4) is 22.8 Å². The quantitative estimate of drug-likeness (QED) is 0.103. The van der Waals surface area contributed by atoms with Gasteiger partial charge in [-0.15, -0.1) is 0 Å². The zero-order chi connectivity index (χ0) is 33.7. The molecule has 48 heavy (non-hydrogen) atoms. The minimum absolute atomic E-state index is 0.0331. The molecular formula is C32H24N8O6S2. The molecule has 0 fully saturated rings. The van der Waals surface area contributed by atoms with Gasteiger partial charge in [0, 0.05) is 22.5 Å². The molecule has 0 radical (unpaired) electrons. The summed E-state index contributed by atoms with van der Waals surface area (Å²) in [5.41, 5.74) is 2.05. The molecule has 0 atom stereocenters. The molecule has 0 saturated heterocycles. The Morgan fingerprint density at radius 2 is 0.917 bits per heavy atom. The molecule has 4 aromatic carbocycles. The first kappa shape index (κ1) is 32.0. The third-order valence-corrected chi connectivity index (χ3v) is 8.56. The number of nitrogens with zero attached hydrogens (tertiary/aromatic N) is 6. The molecule has 16 heteroatoms. The van der Waals surface area contributed by atoms with Crippen molar-refractivity contribution in [2.45, 2.75) is 9.79 Å². The highest BCUT2D eigenvalue weighted by molar-refractivity contribution is 7.86. The summed E-state index contributed by atoms with van der Waals surface area (Å²) >= 11 is 0. The Balaban J connectivity index is 1.27. The molecule has 0 bridgehead atoms. The summed E-state index contributed by atoms with van der Waals surface area (Å²) in [6, 6.07) is 26.5. The van der Waals surface area contributed by atoms with E-state index in [1.807, 2.05) is 60.7 Å². The van der Waals surface area contributed by atoms with E-state index in [-0.39, 0.29) is 34.4 Å². The van der Waals surface area contributed by atoms with Crippen LogP contribution in [0.25, 0.3) is 34.9 Å². The average Bonchev–Trinajstić information content (AvgIpc) is 3.08. The van der Waals surface area contributed by atoms with E-state index in [0.717, 1.165) is 11.1 Å². The van der Waals surface area contributed by atoms with E-state index >= 15 is 0 Å². The van der Waals surface area contributed by atoms with Crippen LogP contribution in [0.5, 0.6) is 0 Å². The van der Waals surface area contributed by atoms with Crippen molar-refractivity contribution in [1.29, 1.82) is 0 Å². The second-order valence-corrected chi connectivity index (χ2v) is 12.8. The van der Waals surface area contributed by atoms with Crippen LogP contribution in [0.15, 0.2) is 120 Å². The highest BCUT2D eigenvalue weighted by atomic mass is 32.2. The van der Waals surface area contributed by atoms with E-state index in [2.05, 4.69) is 40.5 Å². The predicted molar refractivity (Wildman–Crippen MR) is 179 cm³/mol. The maximum absolute atomic E-state index is 12.4. The van der Waals surface area contributed by atoms with Crippen LogP contribution in [0.3, 0.4) is 0 Å². The third-order valence-electron chi connectivity index (χ3n) is 6.75. The molecule has 2 aromatic heterocycles. The molecule has 240 valence electrons. The summed E-state index contributed by atoms with van der Waals surface area (Å²) in [4.78, 5) is 24.2. The number of hydrogen-bond acceptors (Lipinski definition) is 12.